The number of pyridine rings is 1. The van der Waals surface area contributed by atoms with Crippen LogP contribution in [-0.4, -0.2) is 14.0 Å². The molecule has 38 heavy (non-hydrogen) atoms. The third kappa shape index (κ3) is 4.11. The van der Waals surface area contributed by atoms with Crippen molar-refractivity contribution in [3.8, 4) is 11.1 Å². The highest BCUT2D eigenvalue weighted by Crippen LogP contribution is 2.45. The lowest BCUT2D eigenvalue weighted by molar-refractivity contribution is -0.658. The van der Waals surface area contributed by atoms with Crippen LogP contribution in [0.2, 0.25) is 0 Å². The Balaban J connectivity index is 1.65. The molecule has 0 bridgehead atoms. The van der Waals surface area contributed by atoms with E-state index in [0.29, 0.717) is 5.92 Å². The zero-order chi connectivity index (χ0) is 26.4. The lowest BCUT2D eigenvalue weighted by Crippen LogP contribution is -2.58. The number of hydrogen-bond acceptors (Lipinski definition) is 2. The molecule has 1 saturated carbocycles. The van der Waals surface area contributed by atoms with Crippen molar-refractivity contribution in [3.63, 3.8) is 0 Å². The fraction of sp³-hybridized carbons (Fsp3) is 0.324. The largest absolute Gasteiger partial charge is 0.538 e. The summed E-state index contributed by atoms with van der Waals surface area (Å²) in [7, 11) is 4.48. The quantitative estimate of drug-likeness (QED) is 0.218. The maximum Gasteiger partial charge on any atom is 0.538 e. The van der Waals surface area contributed by atoms with Gasteiger partial charge in [-0.1, -0.05) is 79.9 Å². The fourth-order valence-electron chi connectivity index (χ4n) is 6.85. The van der Waals surface area contributed by atoms with E-state index in [1.807, 2.05) is 0 Å². The molecule has 0 N–H and O–H groups in total. The molecule has 0 spiro atoms. The smallest absolute Gasteiger partial charge is 0.369 e. The van der Waals surface area contributed by atoms with Gasteiger partial charge in [0, 0.05) is 11.5 Å². The first-order valence-electron chi connectivity index (χ1n) is 14.2. The molecule has 192 valence electrons. The molecule has 2 heterocycles. The van der Waals surface area contributed by atoms with Crippen LogP contribution in [0.1, 0.15) is 60.3 Å². The molecule has 0 saturated heterocycles. The monoisotopic (exact) mass is 500 g/mol. The molecule has 4 heteroatoms. The molecule has 0 amide bonds. The first kappa shape index (κ1) is 24.8. The third-order valence-corrected chi connectivity index (χ3v) is 8.94. The third-order valence-electron chi connectivity index (χ3n) is 8.94. The first-order chi connectivity index (χ1) is 18.5. The summed E-state index contributed by atoms with van der Waals surface area (Å²) in [5.74, 6) is 1.84. The van der Waals surface area contributed by atoms with Gasteiger partial charge in [-0.2, -0.15) is 0 Å². The second-order valence-corrected chi connectivity index (χ2v) is 11.4. The van der Waals surface area contributed by atoms with Gasteiger partial charge in [-0.3, -0.25) is 4.81 Å². The van der Waals surface area contributed by atoms with Crippen molar-refractivity contribution >= 4 is 29.6 Å². The summed E-state index contributed by atoms with van der Waals surface area (Å²) in [5, 5.41) is 0. The van der Waals surface area contributed by atoms with Gasteiger partial charge in [0.25, 0.3) is 5.82 Å². The van der Waals surface area contributed by atoms with E-state index >= 15 is 0 Å². The van der Waals surface area contributed by atoms with E-state index in [0.717, 1.165) is 0 Å². The van der Waals surface area contributed by atoms with Crippen LogP contribution < -0.4 is 19.7 Å². The summed E-state index contributed by atoms with van der Waals surface area (Å²) in [6, 6.07) is 27.2. The first-order valence-corrected chi connectivity index (χ1v) is 14.2. The predicted octanol–water partition coefficient (Wildman–Crippen LogP) is 7.13. The maximum absolute atomic E-state index is 2.62. The van der Waals surface area contributed by atoms with Crippen molar-refractivity contribution in [1.29, 1.82) is 0 Å². The summed E-state index contributed by atoms with van der Waals surface area (Å²) >= 11 is 0. The van der Waals surface area contributed by atoms with Crippen molar-refractivity contribution in [2.24, 2.45) is 7.05 Å². The van der Waals surface area contributed by atoms with Crippen LogP contribution in [0.4, 0.5) is 17.2 Å². The minimum absolute atomic E-state index is 0.0627. The van der Waals surface area contributed by atoms with Gasteiger partial charge in [0.2, 0.25) is 0 Å². The molecular formula is C34H39BN3+. The standard InChI is InChI=1S/C34H39BN3/c1-24-14-12-21-31-34(24)38(32-22-25(2)26(3)23-36(32)4)35(37(31)5)33-29(27-15-8-6-9-16-27)19-13-20-30(33)28-17-10-7-11-18-28/h6,8-9,12-16,19-23,28H,7,10-11,17-18H2,1-5H3/q+1. The molecule has 1 aliphatic heterocycles. The van der Waals surface area contributed by atoms with Crippen molar-refractivity contribution in [2.45, 2.75) is 58.8 Å². The summed E-state index contributed by atoms with van der Waals surface area (Å²) in [4.78, 5) is 5.14. The number of aryl methyl sites for hydroxylation is 4. The van der Waals surface area contributed by atoms with Gasteiger partial charge < -0.3 is 4.81 Å². The molecule has 0 unspecified atom stereocenters. The van der Waals surface area contributed by atoms with Gasteiger partial charge in [-0.15, -0.1) is 0 Å². The number of anilines is 3. The topological polar surface area (TPSA) is 10.4 Å². The Labute approximate surface area is 228 Å². The molecule has 3 nitrogen and oxygen atoms in total. The number of hydrogen-bond donors (Lipinski definition) is 0. The van der Waals surface area contributed by atoms with E-state index in [-0.39, 0.29) is 6.98 Å². The van der Waals surface area contributed by atoms with Gasteiger partial charge in [0.15, 0.2) is 0 Å². The molecule has 0 radical (unpaired) electrons. The van der Waals surface area contributed by atoms with Gasteiger partial charge >= 0.3 is 6.98 Å². The summed E-state index contributed by atoms with van der Waals surface area (Å²) < 4.78 is 2.32. The number of aromatic nitrogens is 1. The van der Waals surface area contributed by atoms with E-state index in [4.69, 9.17) is 0 Å². The Bertz CT molecular complexity index is 1470. The molecule has 2 aliphatic rings. The van der Waals surface area contributed by atoms with Crippen LogP contribution in [-0.2, 0) is 7.05 Å². The van der Waals surface area contributed by atoms with Crippen molar-refractivity contribution in [1.82, 2.24) is 0 Å². The SMILES string of the molecule is Cc1cc(N2B(c3c(-c4ccccc4)cccc3C3CCCCC3)N(C)c3cccc(C)c32)[n+](C)cc1C. The molecule has 0 atom stereocenters. The van der Waals surface area contributed by atoms with Gasteiger partial charge in [0.1, 0.15) is 5.69 Å². The Morgan fingerprint density at radius 2 is 1.53 bits per heavy atom. The zero-order valence-electron chi connectivity index (χ0n) is 23.5. The minimum atomic E-state index is 0.0627. The summed E-state index contributed by atoms with van der Waals surface area (Å²) in [6.07, 6.45) is 8.87. The molecule has 4 aromatic rings. The predicted molar refractivity (Wildman–Crippen MR) is 162 cm³/mol. The van der Waals surface area contributed by atoms with Crippen molar-refractivity contribution < 1.29 is 4.57 Å². The Morgan fingerprint density at radius 1 is 0.789 bits per heavy atom. The highest BCUT2D eigenvalue weighted by molar-refractivity contribution is 6.84. The Kier molecular flexibility index (Phi) is 6.51. The number of rotatable bonds is 4. The van der Waals surface area contributed by atoms with E-state index in [1.165, 1.54) is 88.1 Å². The number of para-hydroxylation sites is 1. The van der Waals surface area contributed by atoms with E-state index < -0.39 is 0 Å². The summed E-state index contributed by atoms with van der Waals surface area (Å²) in [6.45, 7) is 6.76. The average molecular weight is 501 g/mol. The van der Waals surface area contributed by atoms with Crippen LogP contribution >= 0.6 is 0 Å². The number of fused-ring (bicyclic) bond motifs is 1. The second-order valence-electron chi connectivity index (χ2n) is 11.4. The van der Waals surface area contributed by atoms with Gasteiger partial charge in [0.05, 0.1) is 18.9 Å². The van der Waals surface area contributed by atoms with Crippen LogP contribution in [0, 0.1) is 20.8 Å². The van der Waals surface area contributed by atoms with E-state index in [2.05, 4.69) is 128 Å². The lowest BCUT2D eigenvalue weighted by atomic mass is 9.58. The Morgan fingerprint density at radius 3 is 2.29 bits per heavy atom. The average Bonchev–Trinajstić information content (AvgIpc) is 3.24. The normalized spacial score (nSPS) is 15.8. The lowest BCUT2D eigenvalue weighted by Gasteiger charge is -2.30. The molecular weight excluding hydrogens is 461 g/mol. The molecule has 1 aliphatic carbocycles. The highest BCUT2D eigenvalue weighted by Gasteiger charge is 2.52. The molecule has 6 rings (SSSR count). The van der Waals surface area contributed by atoms with Gasteiger partial charge in [-0.25, -0.2) is 4.57 Å². The van der Waals surface area contributed by atoms with Crippen molar-refractivity contribution in [2.75, 3.05) is 16.7 Å². The number of benzene rings is 3. The molecule has 1 aromatic heterocycles. The zero-order valence-corrected chi connectivity index (χ0v) is 23.5. The van der Waals surface area contributed by atoms with E-state index in [9.17, 15) is 0 Å². The highest BCUT2D eigenvalue weighted by atomic mass is 15.3. The van der Waals surface area contributed by atoms with Gasteiger partial charge in [-0.05, 0) is 86.0 Å². The van der Waals surface area contributed by atoms with Crippen LogP contribution in [0.25, 0.3) is 11.1 Å². The van der Waals surface area contributed by atoms with Crippen molar-refractivity contribution in [3.05, 3.63) is 101 Å². The van der Waals surface area contributed by atoms with Crippen LogP contribution in [0.15, 0.2) is 79.0 Å². The maximum atomic E-state index is 2.62. The molecule has 1 fully saturated rings. The minimum Gasteiger partial charge on any atom is -0.369 e. The molecule has 3 aromatic carbocycles. The summed E-state index contributed by atoms with van der Waals surface area (Å²) in [5.41, 5.74) is 12.2. The van der Waals surface area contributed by atoms with Crippen LogP contribution in [0.5, 0.6) is 0 Å². The second kappa shape index (κ2) is 9.98. The fourth-order valence-corrected chi connectivity index (χ4v) is 6.85. The number of nitrogens with zero attached hydrogens (tertiary/aromatic N) is 3. The van der Waals surface area contributed by atoms with E-state index in [1.54, 1.807) is 0 Å². The van der Waals surface area contributed by atoms with Crippen LogP contribution in [0.3, 0.4) is 0 Å². The Hall–Kier alpha value is -3.53.